The average Bonchev–Trinajstić information content (AvgIpc) is 3.48. The minimum absolute atomic E-state index is 0.0352. The number of benzene rings is 1. The number of hydrogen-bond donors (Lipinski definition) is 6. The Balaban J connectivity index is 1.65. The number of methoxy groups -OCH3 is 1. The first-order valence-corrected chi connectivity index (χ1v) is 15.4. The number of phenolic OH excluding ortho intramolecular Hbond substituents is 1. The zero-order chi connectivity index (χ0) is 34.5. The van der Waals surface area contributed by atoms with E-state index in [1.54, 1.807) is 18.2 Å². The van der Waals surface area contributed by atoms with Crippen LogP contribution in [0.5, 0.6) is 5.75 Å². The third kappa shape index (κ3) is 11.2. The van der Waals surface area contributed by atoms with Crippen LogP contribution in [0.3, 0.4) is 0 Å². The molecule has 17 nitrogen and oxygen atoms in total. The van der Waals surface area contributed by atoms with Crippen molar-refractivity contribution < 1.29 is 58.8 Å². The van der Waals surface area contributed by atoms with Crippen LogP contribution in [0.2, 0.25) is 0 Å². The van der Waals surface area contributed by atoms with Crippen LogP contribution in [0.1, 0.15) is 70.3 Å². The van der Waals surface area contributed by atoms with Gasteiger partial charge in [0.25, 0.3) is 5.91 Å². The van der Waals surface area contributed by atoms with Crippen LogP contribution in [0.25, 0.3) is 0 Å². The van der Waals surface area contributed by atoms with Crippen molar-refractivity contribution in [3.63, 3.8) is 0 Å². The molecule has 6 N–H and O–H groups in total. The number of aliphatic hydroxyl groups excluding tert-OH is 1. The maximum atomic E-state index is 13.2. The van der Waals surface area contributed by atoms with E-state index in [9.17, 15) is 44.6 Å². The first-order chi connectivity index (χ1) is 22.4. The molecule has 0 bridgehead atoms. The number of aliphatic imine (C=N–C) groups is 1. The lowest BCUT2D eigenvalue weighted by Crippen LogP contribution is -2.58. The summed E-state index contributed by atoms with van der Waals surface area (Å²) in [5.41, 5.74) is 0.272. The van der Waals surface area contributed by atoms with Gasteiger partial charge in [0.1, 0.15) is 36.8 Å². The number of esters is 2. The van der Waals surface area contributed by atoms with Gasteiger partial charge in [-0.05, 0) is 51.2 Å². The van der Waals surface area contributed by atoms with Gasteiger partial charge in [0.2, 0.25) is 23.9 Å². The minimum atomic E-state index is -1.94. The molecule has 1 saturated heterocycles. The second-order valence-corrected chi connectivity index (χ2v) is 11.2. The molecule has 3 rings (SSSR count). The second-order valence-electron chi connectivity index (χ2n) is 11.2. The van der Waals surface area contributed by atoms with Gasteiger partial charge in [-0.1, -0.05) is 18.6 Å². The van der Waals surface area contributed by atoms with Gasteiger partial charge in [-0.15, -0.1) is 0 Å². The smallest absolute Gasteiger partial charge is 0.346 e. The highest BCUT2D eigenvalue weighted by Crippen LogP contribution is 2.22. The van der Waals surface area contributed by atoms with E-state index >= 15 is 0 Å². The first kappa shape index (κ1) is 37.1. The molecule has 5 atom stereocenters. The number of hydroxylamine groups is 4. The van der Waals surface area contributed by atoms with E-state index in [0.717, 1.165) is 0 Å². The van der Waals surface area contributed by atoms with Gasteiger partial charge in [0.05, 0.1) is 19.1 Å². The third-order valence-corrected chi connectivity index (χ3v) is 7.51. The number of nitrogens with zero attached hydrogens (tertiary/aromatic N) is 3. The molecule has 0 radical (unpaired) electrons. The van der Waals surface area contributed by atoms with Gasteiger partial charge >= 0.3 is 11.9 Å². The lowest BCUT2D eigenvalue weighted by Gasteiger charge is -2.29. The van der Waals surface area contributed by atoms with Crippen LogP contribution in [0, 0.1) is 0 Å². The summed E-state index contributed by atoms with van der Waals surface area (Å²) in [7, 11) is 1.27. The maximum absolute atomic E-state index is 13.2. The molecule has 2 aliphatic rings. The average molecular weight is 666 g/mol. The molecule has 2 heterocycles. The van der Waals surface area contributed by atoms with Gasteiger partial charge in [-0.3, -0.25) is 34.9 Å². The van der Waals surface area contributed by atoms with E-state index in [2.05, 4.69) is 20.4 Å². The van der Waals surface area contributed by atoms with Gasteiger partial charge < -0.3 is 29.7 Å². The largest absolute Gasteiger partial charge is 0.507 e. The fourth-order valence-corrected chi connectivity index (χ4v) is 4.92. The Bertz CT molecular complexity index is 1290. The summed E-state index contributed by atoms with van der Waals surface area (Å²) in [6, 6.07) is 4.27. The highest BCUT2D eigenvalue weighted by molar-refractivity contribution is 5.97. The predicted molar refractivity (Wildman–Crippen MR) is 160 cm³/mol. The lowest BCUT2D eigenvalue weighted by atomic mass is 10.1. The number of hydrogen-bond acceptors (Lipinski definition) is 14. The van der Waals surface area contributed by atoms with E-state index in [-0.39, 0.29) is 61.1 Å². The van der Waals surface area contributed by atoms with Crippen molar-refractivity contribution in [3.8, 4) is 5.75 Å². The highest BCUT2D eigenvalue weighted by Gasteiger charge is 2.37. The van der Waals surface area contributed by atoms with E-state index < -0.39 is 60.2 Å². The van der Waals surface area contributed by atoms with Crippen LogP contribution in [-0.2, 0) is 38.2 Å². The number of carbonyl (C=O) groups excluding carboxylic acids is 5. The third-order valence-electron chi connectivity index (χ3n) is 7.51. The molecule has 0 aliphatic carbocycles. The number of aromatic hydroxyl groups is 1. The first-order valence-electron chi connectivity index (χ1n) is 15.4. The predicted octanol–water partition coefficient (Wildman–Crippen LogP) is 0.321. The Morgan fingerprint density at radius 1 is 1.15 bits per heavy atom. The summed E-state index contributed by atoms with van der Waals surface area (Å²) in [5.74, 6) is -3.86. The summed E-state index contributed by atoms with van der Waals surface area (Å²) in [6.45, 7) is 1.37. The van der Waals surface area contributed by atoms with Crippen molar-refractivity contribution in [2.45, 2.75) is 95.3 Å². The molecule has 0 spiro atoms. The van der Waals surface area contributed by atoms with Gasteiger partial charge in [-0.25, -0.2) is 14.9 Å². The molecule has 1 aromatic carbocycles. The number of nitrogens with one attached hydrogen (secondary N) is 2. The van der Waals surface area contributed by atoms with Crippen molar-refractivity contribution in [2.24, 2.45) is 4.99 Å². The Labute approximate surface area is 271 Å². The number of para-hydroxylation sites is 1. The molecule has 17 heteroatoms. The molecular weight excluding hydrogens is 622 g/mol. The Morgan fingerprint density at radius 2 is 1.87 bits per heavy atom. The second kappa shape index (κ2) is 18.1. The zero-order valence-corrected chi connectivity index (χ0v) is 26.4. The number of ether oxygens (including phenoxy) is 3. The van der Waals surface area contributed by atoms with E-state index in [1.807, 2.05) is 0 Å². The van der Waals surface area contributed by atoms with Crippen LogP contribution >= 0.6 is 0 Å². The topological polar surface area (TPSA) is 237 Å². The lowest BCUT2D eigenvalue weighted by molar-refractivity contribution is -0.197. The van der Waals surface area contributed by atoms with Crippen molar-refractivity contribution in [1.82, 2.24) is 20.8 Å². The summed E-state index contributed by atoms with van der Waals surface area (Å²) in [6.07, 6.45) is -2.48. The van der Waals surface area contributed by atoms with Gasteiger partial charge in [0, 0.05) is 19.4 Å². The molecule has 1 fully saturated rings. The normalized spacial score (nSPS) is 19.8. The summed E-state index contributed by atoms with van der Waals surface area (Å²) in [4.78, 5) is 66.6. The molecule has 0 saturated carbocycles. The quantitative estimate of drug-likeness (QED) is 0.0459. The number of aliphatic hydroxyl groups is 1. The molecule has 47 heavy (non-hydrogen) atoms. The molecule has 0 aromatic heterocycles. The fourth-order valence-electron chi connectivity index (χ4n) is 4.92. The molecule has 260 valence electrons. The molecule has 5 unspecified atom stereocenters. The molecule has 2 aliphatic heterocycles. The number of rotatable bonds is 16. The maximum Gasteiger partial charge on any atom is 0.346 e. The van der Waals surface area contributed by atoms with Crippen LogP contribution in [0.4, 0.5) is 0 Å². The monoisotopic (exact) mass is 665 g/mol. The van der Waals surface area contributed by atoms with Crippen LogP contribution < -0.4 is 10.6 Å². The van der Waals surface area contributed by atoms with E-state index in [1.165, 1.54) is 20.1 Å². The van der Waals surface area contributed by atoms with Crippen LogP contribution in [-0.4, -0.2) is 117 Å². The van der Waals surface area contributed by atoms with Gasteiger partial charge in [0.15, 0.2) is 0 Å². The number of unbranched alkanes of at least 4 members (excludes halogenated alkanes) is 2. The Kier molecular flexibility index (Phi) is 14.3. The molecular formula is C30H43N5O12. The number of carbonyl (C=O) groups is 5. The minimum Gasteiger partial charge on any atom is -0.507 e. The van der Waals surface area contributed by atoms with Crippen molar-refractivity contribution >= 4 is 35.6 Å². The molecule has 1 aromatic rings. The fraction of sp³-hybridized carbons (Fsp3) is 0.600. The van der Waals surface area contributed by atoms with Crippen molar-refractivity contribution in [3.05, 3.63) is 29.8 Å². The summed E-state index contributed by atoms with van der Waals surface area (Å²) in [5, 5.41) is 47.2. The van der Waals surface area contributed by atoms with E-state index in [4.69, 9.17) is 9.47 Å². The Hall–Kier alpha value is -4.32. The summed E-state index contributed by atoms with van der Waals surface area (Å²) >= 11 is 0. The molecule has 3 amide bonds. The number of amides is 3. The van der Waals surface area contributed by atoms with Crippen molar-refractivity contribution in [2.75, 3.05) is 20.3 Å². The van der Waals surface area contributed by atoms with Gasteiger partial charge in [-0.2, -0.15) is 5.06 Å². The highest BCUT2D eigenvalue weighted by atomic mass is 16.6. The summed E-state index contributed by atoms with van der Waals surface area (Å²) < 4.78 is 15.4. The van der Waals surface area contributed by atoms with E-state index in [0.29, 0.717) is 37.2 Å². The SMILES string of the molecule is COC(=O)CCCCCC(=O)N(O)C(NC(O)C1COC(c2ccccc2O)=N1)C(=O)OC(C)CC(=O)NC1CCCCN(O)C1=O. The van der Waals surface area contributed by atoms with Crippen LogP contribution in [0.15, 0.2) is 29.3 Å². The Morgan fingerprint density at radius 3 is 2.60 bits per heavy atom. The number of phenols is 1. The van der Waals surface area contributed by atoms with Crippen molar-refractivity contribution in [1.29, 1.82) is 0 Å². The standard InChI is InChI=1S/C30H43N5O12/c1-18(16-23(37)31-20-11-8-9-15-34(43)29(20)41)47-30(42)26(35(44)24(38)13-4-3-5-14-25(39)45-2)33-27(40)21-17-46-28(32-21)19-10-6-7-12-22(19)36/h6-7,10,12,18,20-21,26-27,33,36,40,43-44H,3-5,8-9,11,13-17H2,1-2H3,(H,31,37). The zero-order valence-electron chi connectivity index (χ0n) is 26.4.